The van der Waals surface area contributed by atoms with E-state index in [4.69, 9.17) is 5.26 Å². The number of halogens is 2. The van der Waals surface area contributed by atoms with Crippen molar-refractivity contribution in [2.75, 3.05) is 0 Å². The maximum absolute atomic E-state index is 13.3. The van der Waals surface area contributed by atoms with Crippen LogP contribution >= 0.6 is 0 Å². The van der Waals surface area contributed by atoms with Crippen molar-refractivity contribution < 1.29 is 8.22 Å². The van der Waals surface area contributed by atoms with Gasteiger partial charge in [0.15, 0.2) is 0 Å². The van der Waals surface area contributed by atoms with Gasteiger partial charge in [-0.05, 0) is 6.42 Å². The molecule has 0 radical (unpaired) electrons. The number of unbranched alkanes of at least 4 members (excludes halogenated alkanes) is 1. The minimum absolute atomic E-state index is 0.0515. The standard InChI is InChI=1S/C8H15F2NSi/c1-8(2,3)12(9,10)7-5-4-6-11/h4-5,7H2,1-3H3. The fourth-order valence-corrected chi connectivity index (χ4v) is 2.14. The molecule has 0 heterocycles. The lowest BCUT2D eigenvalue weighted by Gasteiger charge is -2.26. The number of hydrogen-bond acceptors (Lipinski definition) is 1. The number of nitrogens with zero attached hydrogens (tertiary/aromatic N) is 1. The maximum Gasteiger partial charge on any atom is 0.430 e. The predicted molar refractivity (Wildman–Crippen MR) is 47.3 cm³/mol. The van der Waals surface area contributed by atoms with Crippen LogP contribution in [-0.2, 0) is 0 Å². The highest BCUT2D eigenvalue weighted by molar-refractivity contribution is 6.69. The van der Waals surface area contributed by atoms with E-state index in [9.17, 15) is 8.22 Å². The molecule has 0 atom stereocenters. The summed E-state index contributed by atoms with van der Waals surface area (Å²) in [4.78, 5) is 0. The predicted octanol–water partition coefficient (Wildman–Crippen LogP) is 3.47. The average molecular weight is 191 g/mol. The Morgan fingerprint density at radius 3 is 2.17 bits per heavy atom. The van der Waals surface area contributed by atoms with E-state index in [1.165, 1.54) is 0 Å². The molecule has 12 heavy (non-hydrogen) atoms. The maximum atomic E-state index is 13.3. The third-order valence-electron chi connectivity index (χ3n) is 1.88. The van der Waals surface area contributed by atoms with Crippen LogP contribution in [0.25, 0.3) is 0 Å². The monoisotopic (exact) mass is 191 g/mol. The van der Waals surface area contributed by atoms with Crippen molar-refractivity contribution in [3.8, 4) is 6.07 Å². The molecule has 0 aromatic heterocycles. The van der Waals surface area contributed by atoms with Crippen molar-refractivity contribution in [3.63, 3.8) is 0 Å². The summed E-state index contributed by atoms with van der Waals surface area (Å²) in [6, 6.07) is 1.83. The van der Waals surface area contributed by atoms with Crippen LogP contribution in [0.2, 0.25) is 11.1 Å². The van der Waals surface area contributed by atoms with Crippen LogP contribution in [0.3, 0.4) is 0 Å². The highest BCUT2D eigenvalue weighted by Crippen LogP contribution is 2.41. The molecular formula is C8H15F2NSi. The van der Waals surface area contributed by atoms with Crippen LogP contribution in [-0.4, -0.2) is 8.74 Å². The van der Waals surface area contributed by atoms with E-state index in [0.717, 1.165) is 0 Å². The normalized spacial score (nSPS) is 12.7. The Labute approximate surface area is 73.7 Å². The molecule has 0 amide bonds. The average Bonchev–Trinajstić information content (AvgIpc) is 1.85. The molecule has 0 aromatic carbocycles. The summed E-state index contributed by atoms with van der Waals surface area (Å²) in [5, 5.41) is 7.33. The van der Waals surface area contributed by atoms with E-state index in [0.29, 0.717) is 6.42 Å². The first kappa shape index (κ1) is 11.6. The molecule has 0 rings (SSSR count). The van der Waals surface area contributed by atoms with Crippen LogP contribution in [0.5, 0.6) is 0 Å². The lowest BCUT2D eigenvalue weighted by molar-refractivity contribution is 0.487. The third-order valence-corrected chi connectivity index (χ3v) is 5.05. The van der Waals surface area contributed by atoms with Gasteiger partial charge >= 0.3 is 8.74 Å². The van der Waals surface area contributed by atoms with E-state index >= 15 is 0 Å². The van der Waals surface area contributed by atoms with E-state index in [-0.39, 0.29) is 12.5 Å². The molecular weight excluding hydrogens is 176 g/mol. The Hall–Kier alpha value is -0.433. The molecule has 0 saturated heterocycles. The first-order valence-electron chi connectivity index (χ1n) is 4.06. The van der Waals surface area contributed by atoms with Crippen LogP contribution in [0, 0.1) is 11.3 Å². The molecule has 0 fully saturated rings. The van der Waals surface area contributed by atoms with Gasteiger partial charge in [-0.25, -0.2) is 0 Å². The molecule has 70 valence electrons. The second kappa shape index (κ2) is 3.99. The van der Waals surface area contributed by atoms with Crippen molar-refractivity contribution in [1.82, 2.24) is 0 Å². The van der Waals surface area contributed by atoms with E-state index in [2.05, 4.69) is 0 Å². The SMILES string of the molecule is CC(C)(C)[Si](F)(F)CCCC#N. The first-order valence-corrected chi connectivity index (χ1v) is 6.02. The van der Waals surface area contributed by atoms with Crippen LogP contribution < -0.4 is 0 Å². The van der Waals surface area contributed by atoms with Gasteiger partial charge in [0, 0.05) is 17.5 Å². The Bertz CT molecular complexity index is 178. The Balaban J connectivity index is 3.98. The number of rotatable bonds is 3. The molecule has 0 aliphatic rings. The zero-order valence-electron chi connectivity index (χ0n) is 7.82. The third kappa shape index (κ3) is 3.31. The zero-order chi connectivity index (χ0) is 9.83. The molecule has 0 unspecified atom stereocenters. The van der Waals surface area contributed by atoms with Gasteiger partial charge in [0.25, 0.3) is 0 Å². The molecule has 0 aliphatic carbocycles. The van der Waals surface area contributed by atoms with E-state index in [1.807, 2.05) is 6.07 Å². The number of nitriles is 1. The van der Waals surface area contributed by atoms with Gasteiger partial charge < -0.3 is 0 Å². The summed E-state index contributed by atoms with van der Waals surface area (Å²) in [7, 11) is -4.09. The van der Waals surface area contributed by atoms with Crippen molar-refractivity contribution >= 4 is 8.74 Å². The fraction of sp³-hybridized carbons (Fsp3) is 0.875. The molecule has 0 spiro atoms. The van der Waals surface area contributed by atoms with Gasteiger partial charge in [-0.1, -0.05) is 20.8 Å². The molecule has 0 aromatic rings. The minimum atomic E-state index is -4.09. The Morgan fingerprint density at radius 2 is 1.83 bits per heavy atom. The lowest BCUT2D eigenvalue weighted by Crippen LogP contribution is -2.34. The molecule has 4 heteroatoms. The first-order chi connectivity index (χ1) is 5.31. The summed E-state index contributed by atoms with van der Waals surface area (Å²) in [5.74, 6) is 0. The quantitative estimate of drug-likeness (QED) is 0.380. The van der Waals surface area contributed by atoms with Crippen LogP contribution in [0.1, 0.15) is 33.6 Å². The van der Waals surface area contributed by atoms with Crippen LogP contribution in [0.4, 0.5) is 8.22 Å². The van der Waals surface area contributed by atoms with Gasteiger partial charge in [-0.3, -0.25) is 8.22 Å². The van der Waals surface area contributed by atoms with Crippen molar-refractivity contribution in [3.05, 3.63) is 0 Å². The summed E-state index contributed by atoms with van der Waals surface area (Å²) in [6.07, 6.45) is 0.589. The van der Waals surface area contributed by atoms with E-state index in [1.54, 1.807) is 20.8 Å². The molecule has 0 N–H and O–H groups in total. The topological polar surface area (TPSA) is 23.8 Å². The lowest BCUT2D eigenvalue weighted by atomic mass is 10.2. The second-order valence-corrected chi connectivity index (χ2v) is 7.38. The van der Waals surface area contributed by atoms with E-state index < -0.39 is 13.8 Å². The number of hydrogen-bond donors (Lipinski definition) is 0. The van der Waals surface area contributed by atoms with Gasteiger partial charge in [-0.15, -0.1) is 0 Å². The van der Waals surface area contributed by atoms with Gasteiger partial charge in [0.2, 0.25) is 0 Å². The molecule has 1 nitrogen and oxygen atoms in total. The van der Waals surface area contributed by atoms with Crippen molar-refractivity contribution in [2.45, 2.75) is 44.7 Å². The van der Waals surface area contributed by atoms with Gasteiger partial charge in [0.1, 0.15) is 0 Å². The Morgan fingerprint density at radius 1 is 1.33 bits per heavy atom. The van der Waals surface area contributed by atoms with Gasteiger partial charge in [-0.2, -0.15) is 5.26 Å². The molecule has 0 aliphatic heterocycles. The fourth-order valence-electron chi connectivity index (χ4n) is 0.764. The smallest absolute Gasteiger partial charge is 0.270 e. The highest BCUT2D eigenvalue weighted by Gasteiger charge is 2.47. The Kier molecular flexibility index (Phi) is 3.85. The summed E-state index contributed by atoms with van der Waals surface area (Å²) >= 11 is 0. The second-order valence-electron chi connectivity index (χ2n) is 3.97. The molecule has 0 saturated carbocycles. The minimum Gasteiger partial charge on any atom is -0.270 e. The largest absolute Gasteiger partial charge is 0.430 e. The highest BCUT2D eigenvalue weighted by atomic mass is 28.4. The summed E-state index contributed by atoms with van der Waals surface area (Å²) in [5.41, 5.74) is 0. The molecule has 0 bridgehead atoms. The van der Waals surface area contributed by atoms with Crippen molar-refractivity contribution in [1.29, 1.82) is 5.26 Å². The van der Waals surface area contributed by atoms with Crippen LogP contribution in [0.15, 0.2) is 0 Å². The summed E-state index contributed by atoms with van der Waals surface area (Å²) in [6.45, 7) is 4.72. The zero-order valence-corrected chi connectivity index (χ0v) is 8.82. The summed E-state index contributed by atoms with van der Waals surface area (Å²) < 4.78 is 26.6. The van der Waals surface area contributed by atoms with Gasteiger partial charge in [0.05, 0.1) is 6.07 Å². The van der Waals surface area contributed by atoms with Crippen molar-refractivity contribution in [2.24, 2.45) is 0 Å².